The molecule has 2 rings (SSSR count). The Hall–Kier alpha value is -2.69. The van der Waals surface area contributed by atoms with Gasteiger partial charge in [0.2, 0.25) is 0 Å². The maximum Gasteiger partial charge on any atom is 0.261 e. The highest BCUT2D eigenvalue weighted by Gasteiger charge is 2.21. The summed E-state index contributed by atoms with van der Waals surface area (Å²) in [7, 11) is 3.24. The van der Waals surface area contributed by atoms with E-state index in [2.05, 4.69) is 19.2 Å². The molecule has 0 saturated heterocycles. The third-order valence-corrected chi connectivity index (χ3v) is 4.27. The van der Waals surface area contributed by atoms with Crippen LogP contribution in [0.1, 0.15) is 38.8 Å². The summed E-state index contributed by atoms with van der Waals surface area (Å²) in [5, 5.41) is 3.11. The van der Waals surface area contributed by atoms with Crippen LogP contribution >= 0.6 is 0 Å². The number of hydrogen-bond donors (Lipinski definition) is 1. The molecule has 27 heavy (non-hydrogen) atoms. The average molecular weight is 371 g/mol. The molecule has 0 aromatic heterocycles. The first kappa shape index (κ1) is 20.6. The lowest BCUT2D eigenvalue weighted by Gasteiger charge is -2.24. The van der Waals surface area contributed by atoms with Gasteiger partial charge in [-0.15, -0.1) is 0 Å². The normalized spacial score (nSPS) is 13.0. The number of carbonyl (C=O) groups excluding carboxylic acids is 1. The standard InChI is InChI=1S/C22H29NO4/c1-15(2)13-21(17-9-11-18(25-4)12-10-17)23-22(24)16(3)27-20-8-6-7-19(14-20)26-5/h6-12,14-16,21H,13H2,1-5H3,(H,23,24)/t16-,21+/m0/s1. The van der Waals surface area contributed by atoms with Gasteiger partial charge in [-0.25, -0.2) is 0 Å². The van der Waals surface area contributed by atoms with Crippen molar-refractivity contribution in [3.05, 3.63) is 54.1 Å². The van der Waals surface area contributed by atoms with Crippen molar-refractivity contribution in [2.24, 2.45) is 5.92 Å². The Morgan fingerprint density at radius 3 is 2.15 bits per heavy atom. The molecule has 2 aromatic carbocycles. The predicted octanol–water partition coefficient (Wildman–Crippen LogP) is 4.37. The maximum absolute atomic E-state index is 12.7. The van der Waals surface area contributed by atoms with E-state index in [9.17, 15) is 4.79 Å². The van der Waals surface area contributed by atoms with E-state index in [1.54, 1.807) is 33.3 Å². The van der Waals surface area contributed by atoms with Gasteiger partial charge < -0.3 is 19.5 Å². The highest BCUT2D eigenvalue weighted by atomic mass is 16.5. The Morgan fingerprint density at radius 1 is 0.926 bits per heavy atom. The van der Waals surface area contributed by atoms with E-state index in [1.807, 2.05) is 36.4 Å². The van der Waals surface area contributed by atoms with Gasteiger partial charge in [-0.2, -0.15) is 0 Å². The van der Waals surface area contributed by atoms with E-state index < -0.39 is 6.10 Å². The minimum Gasteiger partial charge on any atom is -0.497 e. The van der Waals surface area contributed by atoms with Crippen molar-refractivity contribution < 1.29 is 19.0 Å². The molecule has 0 fully saturated rings. The zero-order valence-corrected chi connectivity index (χ0v) is 16.7. The Kier molecular flexibility index (Phi) is 7.53. The smallest absolute Gasteiger partial charge is 0.261 e. The van der Waals surface area contributed by atoms with E-state index in [0.29, 0.717) is 17.4 Å². The molecule has 146 valence electrons. The van der Waals surface area contributed by atoms with Crippen LogP contribution in [0.5, 0.6) is 17.2 Å². The molecule has 1 N–H and O–H groups in total. The summed E-state index contributed by atoms with van der Waals surface area (Å²) in [5.41, 5.74) is 1.05. The second-order valence-corrected chi connectivity index (χ2v) is 6.90. The molecular formula is C22H29NO4. The second kappa shape index (κ2) is 9.86. The fourth-order valence-corrected chi connectivity index (χ4v) is 2.81. The molecule has 0 bridgehead atoms. The first-order valence-electron chi connectivity index (χ1n) is 9.18. The van der Waals surface area contributed by atoms with E-state index in [1.165, 1.54) is 0 Å². The van der Waals surface area contributed by atoms with Crippen LogP contribution in [0.3, 0.4) is 0 Å². The van der Waals surface area contributed by atoms with Gasteiger partial charge in [0.05, 0.1) is 20.3 Å². The molecule has 1 amide bonds. The minimum absolute atomic E-state index is 0.0836. The zero-order valence-electron chi connectivity index (χ0n) is 16.7. The van der Waals surface area contributed by atoms with Crippen LogP contribution < -0.4 is 19.5 Å². The minimum atomic E-state index is -0.620. The van der Waals surface area contributed by atoms with Crippen molar-refractivity contribution >= 4 is 5.91 Å². The first-order chi connectivity index (χ1) is 12.9. The van der Waals surface area contributed by atoms with Gasteiger partial charge in [0.25, 0.3) is 5.91 Å². The monoisotopic (exact) mass is 371 g/mol. The van der Waals surface area contributed by atoms with E-state index in [4.69, 9.17) is 14.2 Å². The molecule has 0 saturated carbocycles. The van der Waals surface area contributed by atoms with Crippen molar-refractivity contribution in [1.82, 2.24) is 5.32 Å². The van der Waals surface area contributed by atoms with Crippen molar-refractivity contribution in [2.45, 2.75) is 39.3 Å². The molecule has 2 aromatic rings. The number of methoxy groups -OCH3 is 2. The van der Waals surface area contributed by atoms with E-state index >= 15 is 0 Å². The fraction of sp³-hybridized carbons (Fsp3) is 0.409. The molecule has 2 atom stereocenters. The van der Waals surface area contributed by atoms with Gasteiger partial charge in [0.1, 0.15) is 17.2 Å². The number of benzene rings is 2. The number of carbonyl (C=O) groups is 1. The summed E-state index contributed by atoms with van der Waals surface area (Å²) < 4.78 is 16.2. The lowest BCUT2D eigenvalue weighted by Crippen LogP contribution is -2.39. The Labute approximate surface area is 161 Å². The van der Waals surface area contributed by atoms with Gasteiger partial charge in [0.15, 0.2) is 6.10 Å². The SMILES string of the molecule is COc1ccc([C@@H](CC(C)C)NC(=O)[C@H](C)Oc2cccc(OC)c2)cc1. The number of rotatable bonds is 9. The van der Waals surface area contributed by atoms with Crippen LogP contribution in [0.25, 0.3) is 0 Å². The van der Waals surface area contributed by atoms with Crippen LogP contribution in [-0.2, 0) is 4.79 Å². The van der Waals surface area contributed by atoms with Crippen molar-refractivity contribution in [1.29, 1.82) is 0 Å². The molecule has 0 aliphatic heterocycles. The summed E-state index contributed by atoms with van der Waals surface area (Å²) in [6, 6.07) is 14.9. The summed E-state index contributed by atoms with van der Waals surface area (Å²) in [5.74, 6) is 2.37. The van der Waals surface area contributed by atoms with Crippen LogP contribution in [0.4, 0.5) is 0 Å². The maximum atomic E-state index is 12.7. The molecule has 5 heteroatoms. The van der Waals surface area contributed by atoms with Gasteiger partial charge in [-0.3, -0.25) is 4.79 Å². The molecule has 0 unspecified atom stereocenters. The molecule has 0 aliphatic carbocycles. The van der Waals surface area contributed by atoms with Gasteiger partial charge in [-0.1, -0.05) is 32.0 Å². The molecule has 0 aliphatic rings. The topological polar surface area (TPSA) is 56.8 Å². The summed E-state index contributed by atoms with van der Waals surface area (Å²) in [4.78, 5) is 12.7. The quantitative estimate of drug-likeness (QED) is 0.711. The lowest BCUT2D eigenvalue weighted by molar-refractivity contribution is -0.128. The Morgan fingerprint density at radius 2 is 1.56 bits per heavy atom. The molecule has 0 radical (unpaired) electrons. The van der Waals surface area contributed by atoms with E-state index in [0.717, 1.165) is 17.7 Å². The summed E-state index contributed by atoms with van der Waals surface area (Å²) in [6.07, 6.45) is 0.217. The molecule has 0 spiro atoms. The third-order valence-electron chi connectivity index (χ3n) is 4.27. The van der Waals surface area contributed by atoms with Crippen molar-refractivity contribution in [2.75, 3.05) is 14.2 Å². The Balaban J connectivity index is 2.06. The third kappa shape index (κ3) is 6.20. The predicted molar refractivity (Wildman–Crippen MR) is 106 cm³/mol. The molecule has 0 heterocycles. The molecule has 5 nitrogen and oxygen atoms in total. The second-order valence-electron chi connectivity index (χ2n) is 6.90. The van der Waals surface area contributed by atoms with Crippen LogP contribution in [0.2, 0.25) is 0 Å². The fourth-order valence-electron chi connectivity index (χ4n) is 2.81. The first-order valence-corrected chi connectivity index (χ1v) is 9.18. The number of amides is 1. The average Bonchev–Trinajstić information content (AvgIpc) is 2.67. The number of ether oxygens (including phenoxy) is 3. The van der Waals surface area contributed by atoms with Crippen LogP contribution in [0, 0.1) is 5.92 Å². The van der Waals surface area contributed by atoms with Crippen LogP contribution in [0.15, 0.2) is 48.5 Å². The van der Waals surface area contributed by atoms with Crippen molar-refractivity contribution in [3.63, 3.8) is 0 Å². The van der Waals surface area contributed by atoms with E-state index in [-0.39, 0.29) is 11.9 Å². The van der Waals surface area contributed by atoms with Crippen LogP contribution in [-0.4, -0.2) is 26.2 Å². The highest BCUT2D eigenvalue weighted by molar-refractivity contribution is 5.81. The lowest BCUT2D eigenvalue weighted by atomic mass is 9.96. The summed E-state index contributed by atoms with van der Waals surface area (Å²) >= 11 is 0. The number of nitrogens with one attached hydrogen (secondary N) is 1. The molecular weight excluding hydrogens is 342 g/mol. The largest absolute Gasteiger partial charge is 0.497 e. The number of hydrogen-bond acceptors (Lipinski definition) is 4. The van der Waals surface area contributed by atoms with Crippen molar-refractivity contribution in [3.8, 4) is 17.2 Å². The van der Waals surface area contributed by atoms with Gasteiger partial charge in [-0.05, 0) is 49.1 Å². The Bertz CT molecular complexity index is 727. The summed E-state index contributed by atoms with van der Waals surface area (Å²) in [6.45, 7) is 6.02. The zero-order chi connectivity index (χ0) is 19.8. The highest BCUT2D eigenvalue weighted by Crippen LogP contribution is 2.24. The van der Waals surface area contributed by atoms with Gasteiger partial charge in [0, 0.05) is 6.07 Å². The van der Waals surface area contributed by atoms with Gasteiger partial charge >= 0.3 is 0 Å².